The molecule has 0 saturated carbocycles. The molecule has 0 saturated heterocycles. The van der Waals surface area contributed by atoms with Crippen molar-refractivity contribution in [3.63, 3.8) is 0 Å². The lowest BCUT2D eigenvalue weighted by molar-refractivity contribution is 0.477. The highest BCUT2D eigenvalue weighted by Crippen LogP contribution is 2.30. The maximum absolute atomic E-state index is 6.02. The summed E-state index contributed by atoms with van der Waals surface area (Å²) in [7, 11) is 0. The van der Waals surface area contributed by atoms with Gasteiger partial charge < -0.3 is 10.5 Å². The average Bonchev–Trinajstić information content (AvgIpc) is 2.59. The van der Waals surface area contributed by atoms with Gasteiger partial charge in [0, 0.05) is 0 Å². The van der Waals surface area contributed by atoms with Crippen LogP contribution < -0.4 is 10.5 Å². The summed E-state index contributed by atoms with van der Waals surface area (Å²) in [5.74, 6) is 1.60. The van der Waals surface area contributed by atoms with Gasteiger partial charge >= 0.3 is 0 Å². The van der Waals surface area contributed by atoms with Crippen molar-refractivity contribution in [3.05, 3.63) is 90.0 Å². The first-order chi connectivity index (χ1) is 11.3. The van der Waals surface area contributed by atoms with E-state index in [-0.39, 0.29) is 0 Å². The van der Waals surface area contributed by atoms with Crippen LogP contribution in [0.3, 0.4) is 0 Å². The zero-order valence-electron chi connectivity index (χ0n) is 13.1. The third-order valence-corrected chi connectivity index (χ3v) is 3.87. The minimum atomic E-state index is 0.659. The van der Waals surface area contributed by atoms with Crippen LogP contribution in [-0.4, -0.2) is 0 Å². The molecule has 0 aliphatic carbocycles. The van der Waals surface area contributed by atoms with Gasteiger partial charge in [0.15, 0.2) is 0 Å². The lowest BCUT2D eigenvalue weighted by atomic mass is 10.0. The summed E-state index contributed by atoms with van der Waals surface area (Å²) in [6.45, 7) is 0. The van der Waals surface area contributed by atoms with E-state index in [0.29, 0.717) is 11.4 Å². The summed E-state index contributed by atoms with van der Waals surface area (Å²) in [5, 5.41) is 0. The number of para-hydroxylation sites is 3. The van der Waals surface area contributed by atoms with Crippen molar-refractivity contribution in [1.82, 2.24) is 0 Å². The maximum atomic E-state index is 6.02. The SMILES string of the molecule is Nc1ccccc1Oc1ccccc1CCCc1ccccc1. The second kappa shape index (κ2) is 7.50. The van der Waals surface area contributed by atoms with E-state index < -0.39 is 0 Å². The summed E-state index contributed by atoms with van der Waals surface area (Å²) < 4.78 is 6.02. The highest BCUT2D eigenvalue weighted by molar-refractivity contribution is 5.54. The fourth-order valence-electron chi connectivity index (χ4n) is 2.63. The highest BCUT2D eigenvalue weighted by Gasteiger charge is 2.06. The lowest BCUT2D eigenvalue weighted by Gasteiger charge is -2.12. The van der Waals surface area contributed by atoms with Crippen LogP contribution in [0.1, 0.15) is 17.5 Å². The summed E-state index contributed by atoms with van der Waals surface area (Å²) >= 11 is 0. The number of hydrogen-bond acceptors (Lipinski definition) is 2. The zero-order chi connectivity index (χ0) is 15.9. The van der Waals surface area contributed by atoms with Gasteiger partial charge in [0.1, 0.15) is 11.5 Å². The molecule has 0 atom stereocenters. The summed E-state index contributed by atoms with van der Waals surface area (Å²) in [5.41, 5.74) is 9.22. The van der Waals surface area contributed by atoms with Gasteiger partial charge in [-0.15, -0.1) is 0 Å². The maximum Gasteiger partial charge on any atom is 0.150 e. The number of anilines is 1. The van der Waals surface area contributed by atoms with Gasteiger partial charge in [0.05, 0.1) is 5.69 Å². The molecule has 2 N–H and O–H groups in total. The minimum Gasteiger partial charge on any atom is -0.455 e. The average molecular weight is 303 g/mol. The molecule has 0 spiro atoms. The molecule has 116 valence electrons. The molecule has 0 radical (unpaired) electrons. The zero-order valence-corrected chi connectivity index (χ0v) is 13.1. The van der Waals surface area contributed by atoms with Crippen LogP contribution in [0, 0.1) is 0 Å². The quantitative estimate of drug-likeness (QED) is 0.632. The second-order valence-corrected chi connectivity index (χ2v) is 5.59. The molecule has 0 aromatic heterocycles. The van der Waals surface area contributed by atoms with Crippen molar-refractivity contribution in [1.29, 1.82) is 0 Å². The Bertz CT molecular complexity index is 753. The standard InChI is InChI=1S/C21H21NO/c22-19-14-5-7-16-21(19)23-20-15-6-4-12-18(20)13-8-11-17-9-2-1-3-10-17/h1-7,9-10,12,14-16H,8,11,13,22H2. The number of benzene rings is 3. The molecule has 0 unspecified atom stereocenters. The number of rotatable bonds is 6. The smallest absolute Gasteiger partial charge is 0.150 e. The van der Waals surface area contributed by atoms with E-state index in [1.54, 1.807) is 0 Å². The number of hydrogen-bond donors (Lipinski definition) is 1. The Balaban J connectivity index is 1.67. The molecule has 0 heterocycles. The van der Waals surface area contributed by atoms with E-state index in [2.05, 4.69) is 42.5 Å². The third-order valence-electron chi connectivity index (χ3n) is 3.87. The summed E-state index contributed by atoms with van der Waals surface area (Å²) in [4.78, 5) is 0. The van der Waals surface area contributed by atoms with Gasteiger partial charge in [-0.25, -0.2) is 0 Å². The molecule has 2 nitrogen and oxygen atoms in total. The van der Waals surface area contributed by atoms with Gasteiger partial charge in [0.2, 0.25) is 0 Å². The topological polar surface area (TPSA) is 35.2 Å². The Kier molecular flexibility index (Phi) is 4.95. The second-order valence-electron chi connectivity index (χ2n) is 5.59. The molecule has 0 fully saturated rings. The predicted octanol–water partition coefficient (Wildman–Crippen LogP) is 5.24. The molecule has 3 aromatic rings. The number of ether oxygens (including phenoxy) is 1. The van der Waals surface area contributed by atoms with Gasteiger partial charge in [-0.05, 0) is 48.6 Å². The van der Waals surface area contributed by atoms with Crippen molar-refractivity contribution < 1.29 is 4.74 Å². The van der Waals surface area contributed by atoms with Crippen molar-refractivity contribution >= 4 is 5.69 Å². The van der Waals surface area contributed by atoms with Crippen LogP contribution in [0.15, 0.2) is 78.9 Å². The molecule has 23 heavy (non-hydrogen) atoms. The fraction of sp³-hybridized carbons (Fsp3) is 0.143. The Labute approximate surface area is 137 Å². The first-order valence-electron chi connectivity index (χ1n) is 7.97. The van der Waals surface area contributed by atoms with Crippen molar-refractivity contribution in [3.8, 4) is 11.5 Å². The van der Waals surface area contributed by atoms with Crippen LogP contribution in [0.2, 0.25) is 0 Å². The Hall–Kier alpha value is -2.74. The Morgan fingerprint density at radius 2 is 1.30 bits per heavy atom. The first-order valence-corrected chi connectivity index (χ1v) is 7.97. The van der Waals surface area contributed by atoms with Gasteiger partial charge in [-0.2, -0.15) is 0 Å². The van der Waals surface area contributed by atoms with Crippen LogP contribution >= 0.6 is 0 Å². The van der Waals surface area contributed by atoms with Gasteiger partial charge in [-0.1, -0.05) is 60.7 Å². The molecule has 0 amide bonds. The largest absolute Gasteiger partial charge is 0.455 e. The van der Waals surface area contributed by atoms with Crippen molar-refractivity contribution in [2.75, 3.05) is 5.73 Å². The normalized spacial score (nSPS) is 10.4. The van der Waals surface area contributed by atoms with E-state index in [1.807, 2.05) is 36.4 Å². The third kappa shape index (κ3) is 4.13. The minimum absolute atomic E-state index is 0.659. The van der Waals surface area contributed by atoms with Gasteiger partial charge in [0.25, 0.3) is 0 Å². The van der Waals surface area contributed by atoms with Crippen LogP contribution in [0.5, 0.6) is 11.5 Å². The predicted molar refractivity (Wildman–Crippen MR) is 95.8 cm³/mol. The molecule has 0 aliphatic rings. The fourth-order valence-corrected chi connectivity index (χ4v) is 2.63. The number of nitrogen functional groups attached to an aromatic ring is 1. The number of nitrogens with two attached hydrogens (primary N) is 1. The van der Waals surface area contributed by atoms with Crippen LogP contribution in [0.25, 0.3) is 0 Å². The Morgan fingerprint density at radius 3 is 2.09 bits per heavy atom. The summed E-state index contributed by atoms with van der Waals surface area (Å²) in [6.07, 6.45) is 3.15. The van der Waals surface area contributed by atoms with E-state index in [0.717, 1.165) is 25.0 Å². The highest BCUT2D eigenvalue weighted by atomic mass is 16.5. The van der Waals surface area contributed by atoms with Crippen molar-refractivity contribution in [2.45, 2.75) is 19.3 Å². The molecule has 0 bridgehead atoms. The molecular formula is C21H21NO. The molecule has 0 aliphatic heterocycles. The van der Waals surface area contributed by atoms with E-state index in [4.69, 9.17) is 10.5 Å². The molecule has 3 aromatic carbocycles. The monoisotopic (exact) mass is 303 g/mol. The summed E-state index contributed by atoms with van der Waals surface area (Å²) in [6, 6.07) is 26.4. The van der Waals surface area contributed by atoms with Crippen LogP contribution in [-0.2, 0) is 12.8 Å². The van der Waals surface area contributed by atoms with Crippen molar-refractivity contribution in [2.24, 2.45) is 0 Å². The lowest BCUT2D eigenvalue weighted by Crippen LogP contribution is -1.96. The van der Waals surface area contributed by atoms with E-state index >= 15 is 0 Å². The molecule has 2 heteroatoms. The van der Waals surface area contributed by atoms with Crippen LogP contribution in [0.4, 0.5) is 5.69 Å². The Morgan fingerprint density at radius 1 is 0.652 bits per heavy atom. The van der Waals surface area contributed by atoms with E-state index in [9.17, 15) is 0 Å². The van der Waals surface area contributed by atoms with Gasteiger partial charge in [-0.3, -0.25) is 0 Å². The first kappa shape index (κ1) is 15.2. The number of aryl methyl sites for hydroxylation is 2. The molecular weight excluding hydrogens is 282 g/mol. The van der Waals surface area contributed by atoms with E-state index in [1.165, 1.54) is 11.1 Å². The molecule has 3 rings (SSSR count).